The number of methoxy groups -OCH3 is 1. The van der Waals surface area contributed by atoms with Gasteiger partial charge >= 0.3 is 0 Å². The number of halogens is 1. The Labute approximate surface area is 123 Å². The molecule has 0 saturated carbocycles. The standard InChI is InChI=1S/C14H15FN2O3S/c1-10-9-11(15)6-7-13(10)21(18,19)17(2)12-5-4-8-16-14(12)20-3/h4-9H,1-3H3. The van der Waals surface area contributed by atoms with E-state index in [2.05, 4.69) is 4.98 Å². The second-order valence-corrected chi connectivity index (χ2v) is 6.35. The highest BCUT2D eigenvalue weighted by Crippen LogP contribution is 2.30. The fraction of sp³-hybridized carbons (Fsp3) is 0.214. The SMILES string of the molecule is COc1ncccc1N(C)S(=O)(=O)c1ccc(F)cc1C. The highest BCUT2D eigenvalue weighted by molar-refractivity contribution is 7.92. The highest BCUT2D eigenvalue weighted by atomic mass is 32.2. The molecule has 2 aromatic rings. The quantitative estimate of drug-likeness (QED) is 0.870. The van der Waals surface area contributed by atoms with Crippen LogP contribution >= 0.6 is 0 Å². The van der Waals surface area contributed by atoms with Crippen LogP contribution in [-0.4, -0.2) is 27.6 Å². The van der Waals surface area contributed by atoms with Crippen molar-refractivity contribution in [1.29, 1.82) is 0 Å². The van der Waals surface area contributed by atoms with E-state index in [0.717, 1.165) is 10.4 Å². The van der Waals surface area contributed by atoms with Crippen molar-refractivity contribution in [3.8, 4) is 5.88 Å². The lowest BCUT2D eigenvalue weighted by Crippen LogP contribution is -2.27. The summed E-state index contributed by atoms with van der Waals surface area (Å²) < 4.78 is 44.6. The summed E-state index contributed by atoms with van der Waals surface area (Å²) in [4.78, 5) is 4.01. The first-order valence-electron chi connectivity index (χ1n) is 6.12. The number of sulfonamides is 1. The summed E-state index contributed by atoms with van der Waals surface area (Å²) in [5.74, 6) is -0.281. The third-order valence-corrected chi connectivity index (χ3v) is 4.99. The van der Waals surface area contributed by atoms with Gasteiger partial charge in [0, 0.05) is 13.2 Å². The molecule has 1 heterocycles. The number of pyridine rings is 1. The Morgan fingerprint density at radius 1 is 1.29 bits per heavy atom. The molecule has 2 rings (SSSR count). The van der Waals surface area contributed by atoms with Crippen LogP contribution in [0.1, 0.15) is 5.56 Å². The minimum atomic E-state index is -3.83. The van der Waals surface area contributed by atoms with Crippen molar-refractivity contribution in [3.63, 3.8) is 0 Å². The molecule has 1 aromatic carbocycles. The molecular weight excluding hydrogens is 295 g/mol. The van der Waals surface area contributed by atoms with E-state index in [-0.39, 0.29) is 10.8 Å². The van der Waals surface area contributed by atoms with Gasteiger partial charge in [-0.2, -0.15) is 0 Å². The Hall–Kier alpha value is -2.15. The van der Waals surface area contributed by atoms with Gasteiger partial charge in [0.1, 0.15) is 11.5 Å². The van der Waals surface area contributed by atoms with Gasteiger partial charge < -0.3 is 4.74 Å². The zero-order valence-corrected chi connectivity index (χ0v) is 12.7. The summed E-state index contributed by atoms with van der Waals surface area (Å²) in [6.07, 6.45) is 1.51. The van der Waals surface area contributed by atoms with Gasteiger partial charge in [-0.3, -0.25) is 4.31 Å². The lowest BCUT2D eigenvalue weighted by Gasteiger charge is -2.21. The summed E-state index contributed by atoms with van der Waals surface area (Å²) in [6, 6.07) is 6.75. The van der Waals surface area contributed by atoms with Crippen molar-refractivity contribution in [2.45, 2.75) is 11.8 Å². The molecule has 0 N–H and O–H groups in total. The average Bonchev–Trinajstić information content (AvgIpc) is 2.46. The second-order valence-electron chi connectivity index (χ2n) is 4.41. The average molecular weight is 310 g/mol. The maximum atomic E-state index is 13.1. The molecule has 0 unspecified atom stereocenters. The van der Waals surface area contributed by atoms with Gasteiger partial charge in [-0.05, 0) is 42.8 Å². The van der Waals surface area contributed by atoms with Crippen LogP contribution in [-0.2, 0) is 10.0 Å². The Balaban J connectivity index is 2.53. The first-order valence-corrected chi connectivity index (χ1v) is 7.56. The number of aryl methyl sites for hydroxylation is 1. The van der Waals surface area contributed by atoms with Crippen LogP contribution in [0.15, 0.2) is 41.4 Å². The third kappa shape index (κ3) is 2.82. The third-order valence-electron chi connectivity index (χ3n) is 3.06. The summed E-state index contributed by atoms with van der Waals surface area (Å²) in [7, 11) is -1.01. The van der Waals surface area contributed by atoms with Crippen LogP contribution in [0.25, 0.3) is 0 Å². The lowest BCUT2D eigenvalue weighted by molar-refractivity contribution is 0.399. The lowest BCUT2D eigenvalue weighted by atomic mass is 10.2. The molecule has 0 saturated heterocycles. The van der Waals surface area contributed by atoms with Crippen molar-refractivity contribution >= 4 is 15.7 Å². The van der Waals surface area contributed by atoms with E-state index >= 15 is 0 Å². The summed E-state index contributed by atoms with van der Waals surface area (Å²) in [6.45, 7) is 1.55. The van der Waals surface area contributed by atoms with Crippen molar-refractivity contribution in [2.24, 2.45) is 0 Å². The number of hydrogen-bond acceptors (Lipinski definition) is 4. The molecule has 1 aromatic heterocycles. The van der Waals surface area contributed by atoms with E-state index in [0.29, 0.717) is 11.3 Å². The van der Waals surface area contributed by atoms with E-state index in [1.165, 1.54) is 32.5 Å². The Bertz CT molecular complexity index is 763. The fourth-order valence-corrected chi connectivity index (χ4v) is 3.36. The molecule has 5 nitrogen and oxygen atoms in total. The molecule has 0 amide bonds. The first-order chi connectivity index (χ1) is 9.87. The Morgan fingerprint density at radius 2 is 2.00 bits per heavy atom. The number of aromatic nitrogens is 1. The smallest absolute Gasteiger partial charge is 0.264 e. The highest BCUT2D eigenvalue weighted by Gasteiger charge is 2.25. The molecule has 0 aliphatic heterocycles. The van der Waals surface area contributed by atoms with Crippen LogP contribution in [0.3, 0.4) is 0 Å². The van der Waals surface area contributed by atoms with Gasteiger partial charge in [-0.25, -0.2) is 17.8 Å². The Kier molecular flexibility index (Phi) is 4.13. The summed E-state index contributed by atoms with van der Waals surface area (Å²) >= 11 is 0. The van der Waals surface area contributed by atoms with Crippen molar-refractivity contribution < 1.29 is 17.5 Å². The molecule has 0 spiro atoms. The minimum Gasteiger partial charge on any atom is -0.479 e. The number of anilines is 1. The van der Waals surface area contributed by atoms with Crippen molar-refractivity contribution in [3.05, 3.63) is 47.9 Å². The monoisotopic (exact) mass is 310 g/mol. The number of benzene rings is 1. The van der Waals surface area contributed by atoms with E-state index in [1.807, 2.05) is 0 Å². The van der Waals surface area contributed by atoms with Crippen LogP contribution < -0.4 is 9.04 Å². The molecular formula is C14H15FN2O3S. The number of hydrogen-bond donors (Lipinski definition) is 0. The zero-order valence-electron chi connectivity index (χ0n) is 11.9. The van der Waals surface area contributed by atoms with Gasteiger partial charge in [0.05, 0.1) is 12.0 Å². The van der Waals surface area contributed by atoms with E-state index in [9.17, 15) is 12.8 Å². The van der Waals surface area contributed by atoms with Crippen molar-refractivity contribution in [2.75, 3.05) is 18.5 Å². The summed E-state index contributed by atoms with van der Waals surface area (Å²) in [5, 5.41) is 0. The van der Waals surface area contributed by atoms with Gasteiger partial charge in [-0.1, -0.05) is 0 Å². The molecule has 0 aliphatic carbocycles. The Morgan fingerprint density at radius 3 is 2.62 bits per heavy atom. The first kappa shape index (κ1) is 15.2. The number of nitrogens with zero attached hydrogens (tertiary/aromatic N) is 2. The van der Waals surface area contributed by atoms with E-state index in [1.54, 1.807) is 19.1 Å². The minimum absolute atomic E-state index is 0.0392. The molecule has 21 heavy (non-hydrogen) atoms. The predicted molar refractivity (Wildman–Crippen MR) is 77.5 cm³/mol. The second kappa shape index (κ2) is 5.69. The van der Waals surface area contributed by atoms with Crippen LogP contribution in [0.2, 0.25) is 0 Å². The van der Waals surface area contributed by atoms with Crippen LogP contribution in [0.4, 0.5) is 10.1 Å². The van der Waals surface area contributed by atoms with Gasteiger partial charge in [-0.15, -0.1) is 0 Å². The predicted octanol–water partition coefficient (Wildman–Crippen LogP) is 2.36. The zero-order chi connectivity index (χ0) is 15.6. The largest absolute Gasteiger partial charge is 0.479 e. The molecule has 0 fully saturated rings. The maximum absolute atomic E-state index is 13.1. The van der Waals surface area contributed by atoms with Crippen LogP contribution in [0.5, 0.6) is 5.88 Å². The van der Waals surface area contributed by atoms with Crippen molar-refractivity contribution in [1.82, 2.24) is 4.98 Å². The van der Waals surface area contributed by atoms with E-state index < -0.39 is 15.8 Å². The molecule has 0 bridgehead atoms. The summed E-state index contributed by atoms with van der Waals surface area (Å²) in [5.41, 5.74) is 0.647. The number of ether oxygens (including phenoxy) is 1. The van der Waals surface area contributed by atoms with E-state index in [4.69, 9.17) is 4.74 Å². The molecule has 0 atom stereocenters. The number of rotatable bonds is 4. The fourth-order valence-electron chi connectivity index (χ4n) is 1.96. The van der Waals surface area contributed by atoms with Crippen LogP contribution in [0, 0.1) is 12.7 Å². The molecule has 7 heteroatoms. The van der Waals surface area contributed by atoms with Gasteiger partial charge in [0.25, 0.3) is 10.0 Å². The molecule has 0 radical (unpaired) electrons. The maximum Gasteiger partial charge on any atom is 0.264 e. The van der Waals surface area contributed by atoms with Gasteiger partial charge in [0.15, 0.2) is 0 Å². The topological polar surface area (TPSA) is 59.5 Å². The normalized spacial score (nSPS) is 11.2. The van der Waals surface area contributed by atoms with Gasteiger partial charge in [0.2, 0.25) is 5.88 Å². The molecule has 0 aliphatic rings. The molecule has 112 valence electrons.